The zero-order chi connectivity index (χ0) is 14.8. The molecule has 1 aromatic rings. The van der Waals surface area contributed by atoms with Crippen molar-refractivity contribution < 1.29 is 19.1 Å². The quantitative estimate of drug-likeness (QED) is 0.776. The van der Waals surface area contributed by atoms with Crippen molar-refractivity contribution in [2.45, 2.75) is 26.3 Å². The summed E-state index contributed by atoms with van der Waals surface area (Å²) < 4.78 is 14.1. The predicted octanol–water partition coefficient (Wildman–Crippen LogP) is 3.01. The highest BCUT2D eigenvalue weighted by Crippen LogP contribution is 2.16. The average Bonchev–Trinajstić information content (AvgIpc) is 2.23. The van der Waals surface area contributed by atoms with E-state index in [0.29, 0.717) is 4.47 Å². The van der Waals surface area contributed by atoms with Gasteiger partial charge < -0.3 is 5.11 Å². The van der Waals surface area contributed by atoms with Gasteiger partial charge in [-0.25, -0.2) is 14.2 Å². The van der Waals surface area contributed by atoms with Crippen LogP contribution in [0.3, 0.4) is 0 Å². The van der Waals surface area contributed by atoms with Crippen molar-refractivity contribution in [1.29, 1.82) is 0 Å². The molecule has 0 heterocycles. The van der Waals surface area contributed by atoms with Gasteiger partial charge in [-0.15, -0.1) is 0 Å². The molecule has 0 spiro atoms. The predicted molar refractivity (Wildman–Crippen MR) is 71.2 cm³/mol. The van der Waals surface area contributed by atoms with Crippen molar-refractivity contribution in [1.82, 2.24) is 10.4 Å². The molecule has 1 aromatic carbocycles. The molecule has 0 aromatic heterocycles. The topological polar surface area (TPSA) is 69.6 Å². The van der Waals surface area contributed by atoms with E-state index in [2.05, 4.69) is 21.4 Å². The Hall–Kier alpha value is -1.63. The molecule has 7 heteroatoms. The van der Waals surface area contributed by atoms with Gasteiger partial charge in [0.1, 0.15) is 5.82 Å². The molecule has 0 saturated carbocycles. The van der Waals surface area contributed by atoms with Crippen LogP contribution in [0.1, 0.15) is 31.1 Å². The molecule has 0 atom stereocenters. The number of hydrogen-bond acceptors (Lipinski definition) is 2. The minimum absolute atomic E-state index is 0.223. The zero-order valence-electron chi connectivity index (χ0n) is 10.7. The fourth-order valence-corrected chi connectivity index (χ4v) is 1.67. The van der Waals surface area contributed by atoms with Crippen LogP contribution in [-0.4, -0.2) is 27.7 Å². The number of nitrogens with zero attached hydrogens (tertiary/aromatic N) is 1. The van der Waals surface area contributed by atoms with Crippen molar-refractivity contribution in [3.05, 3.63) is 34.1 Å². The van der Waals surface area contributed by atoms with Crippen LogP contribution in [0.2, 0.25) is 0 Å². The molecule has 0 aliphatic rings. The SMILES string of the molecule is CC(C)(C)N(NC(=O)c1ccc(Br)cc1F)C(=O)O. The van der Waals surface area contributed by atoms with E-state index in [-0.39, 0.29) is 5.56 Å². The maximum atomic E-state index is 13.6. The highest BCUT2D eigenvalue weighted by molar-refractivity contribution is 9.10. The third-order valence-electron chi connectivity index (χ3n) is 2.25. The number of amides is 2. The Balaban J connectivity index is 2.98. The normalized spacial score (nSPS) is 11.0. The first kappa shape index (κ1) is 15.4. The largest absolute Gasteiger partial charge is 0.464 e. The molecule has 1 rings (SSSR count). The van der Waals surface area contributed by atoms with Gasteiger partial charge in [0.25, 0.3) is 5.91 Å². The van der Waals surface area contributed by atoms with Gasteiger partial charge in [-0.05, 0) is 39.0 Å². The van der Waals surface area contributed by atoms with Gasteiger partial charge >= 0.3 is 6.09 Å². The number of carbonyl (C=O) groups is 2. The highest BCUT2D eigenvalue weighted by Gasteiger charge is 2.29. The average molecular weight is 333 g/mol. The number of rotatable bonds is 1. The molecular weight excluding hydrogens is 319 g/mol. The molecule has 0 fully saturated rings. The van der Waals surface area contributed by atoms with Crippen LogP contribution in [-0.2, 0) is 0 Å². The van der Waals surface area contributed by atoms with Gasteiger partial charge in [-0.2, -0.15) is 0 Å². The van der Waals surface area contributed by atoms with E-state index < -0.39 is 23.4 Å². The van der Waals surface area contributed by atoms with Gasteiger partial charge in [0.2, 0.25) is 0 Å². The van der Waals surface area contributed by atoms with Crippen molar-refractivity contribution in [2.75, 3.05) is 0 Å². The lowest BCUT2D eigenvalue weighted by atomic mass is 10.1. The summed E-state index contributed by atoms with van der Waals surface area (Å²) in [6.45, 7) is 4.83. The Kier molecular flexibility index (Phi) is 4.52. The lowest BCUT2D eigenvalue weighted by Gasteiger charge is -2.32. The third-order valence-corrected chi connectivity index (χ3v) is 2.74. The lowest BCUT2D eigenvalue weighted by molar-refractivity contribution is 0.0494. The smallest absolute Gasteiger partial charge is 0.426 e. The molecule has 2 amide bonds. The monoisotopic (exact) mass is 332 g/mol. The zero-order valence-corrected chi connectivity index (χ0v) is 12.3. The second-order valence-corrected chi connectivity index (χ2v) is 5.77. The number of carboxylic acid groups (broad SMARTS) is 1. The summed E-state index contributed by atoms with van der Waals surface area (Å²) in [6, 6.07) is 3.91. The molecule has 0 aliphatic heterocycles. The van der Waals surface area contributed by atoms with E-state index in [1.165, 1.54) is 12.1 Å². The van der Waals surface area contributed by atoms with Crippen LogP contribution in [0, 0.1) is 5.82 Å². The van der Waals surface area contributed by atoms with Crippen LogP contribution in [0.25, 0.3) is 0 Å². The first-order valence-corrected chi connectivity index (χ1v) is 6.21. The van der Waals surface area contributed by atoms with Crippen LogP contribution in [0.5, 0.6) is 0 Å². The number of halogens is 2. The van der Waals surface area contributed by atoms with E-state index >= 15 is 0 Å². The van der Waals surface area contributed by atoms with Crippen LogP contribution in [0.15, 0.2) is 22.7 Å². The summed E-state index contributed by atoms with van der Waals surface area (Å²) >= 11 is 3.07. The number of nitrogens with one attached hydrogen (secondary N) is 1. The van der Waals surface area contributed by atoms with Gasteiger partial charge in [-0.3, -0.25) is 10.2 Å². The van der Waals surface area contributed by atoms with Gasteiger partial charge in [0, 0.05) is 4.47 Å². The van der Waals surface area contributed by atoms with Crippen LogP contribution >= 0.6 is 15.9 Å². The lowest BCUT2D eigenvalue weighted by Crippen LogP contribution is -2.55. The Bertz CT molecular complexity index is 514. The van der Waals surface area contributed by atoms with Crippen LogP contribution in [0.4, 0.5) is 9.18 Å². The van der Waals surface area contributed by atoms with Crippen molar-refractivity contribution in [3.8, 4) is 0 Å². The fraction of sp³-hybridized carbons (Fsp3) is 0.333. The molecule has 5 nitrogen and oxygen atoms in total. The third kappa shape index (κ3) is 3.92. The number of hydrogen-bond donors (Lipinski definition) is 2. The summed E-state index contributed by atoms with van der Waals surface area (Å²) in [5, 5.41) is 9.76. The van der Waals surface area contributed by atoms with E-state index in [0.717, 1.165) is 11.1 Å². The van der Waals surface area contributed by atoms with Crippen LogP contribution < -0.4 is 5.43 Å². The maximum Gasteiger partial charge on any atom is 0.426 e. The number of hydrazine groups is 1. The summed E-state index contributed by atoms with van der Waals surface area (Å²) in [4.78, 5) is 22.9. The molecule has 0 unspecified atom stereocenters. The summed E-state index contributed by atoms with van der Waals surface area (Å²) in [6.07, 6.45) is -1.32. The standard InChI is InChI=1S/C12H14BrFN2O3/c1-12(2,3)16(11(18)19)15-10(17)8-5-4-7(13)6-9(8)14/h4-6H,1-3H3,(H,15,17)(H,18,19). The minimum Gasteiger partial charge on any atom is -0.464 e. The fourth-order valence-electron chi connectivity index (χ4n) is 1.34. The summed E-state index contributed by atoms with van der Waals surface area (Å²) in [5.74, 6) is -1.55. The van der Waals surface area contributed by atoms with E-state index in [4.69, 9.17) is 5.11 Å². The summed E-state index contributed by atoms with van der Waals surface area (Å²) in [7, 11) is 0. The van der Waals surface area contributed by atoms with E-state index in [9.17, 15) is 14.0 Å². The highest BCUT2D eigenvalue weighted by atomic mass is 79.9. The summed E-state index contributed by atoms with van der Waals surface area (Å²) in [5.41, 5.74) is 1.11. The molecule has 0 aliphatic carbocycles. The Morgan fingerprint density at radius 3 is 2.37 bits per heavy atom. The second-order valence-electron chi connectivity index (χ2n) is 4.85. The number of benzene rings is 1. The molecule has 0 saturated heterocycles. The molecule has 19 heavy (non-hydrogen) atoms. The van der Waals surface area contributed by atoms with E-state index in [1.54, 1.807) is 20.8 Å². The Labute approximate surface area is 118 Å². The molecule has 104 valence electrons. The van der Waals surface area contributed by atoms with Gasteiger partial charge in [-0.1, -0.05) is 15.9 Å². The molecule has 2 N–H and O–H groups in total. The van der Waals surface area contributed by atoms with Crippen molar-refractivity contribution in [2.24, 2.45) is 0 Å². The molecule has 0 bridgehead atoms. The van der Waals surface area contributed by atoms with Crippen molar-refractivity contribution >= 4 is 27.9 Å². The van der Waals surface area contributed by atoms with Gasteiger partial charge in [0.15, 0.2) is 0 Å². The Morgan fingerprint density at radius 2 is 1.95 bits per heavy atom. The first-order valence-electron chi connectivity index (χ1n) is 5.42. The Morgan fingerprint density at radius 1 is 1.37 bits per heavy atom. The molecular formula is C12H14BrFN2O3. The van der Waals surface area contributed by atoms with E-state index in [1.807, 2.05) is 0 Å². The molecule has 0 radical (unpaired) electrons. The minimum atomic E-state index is -1.32. The number of carbonyl (C=O) groups excluding carboxylic acids is 1. The van der Waals surface area contributed by atoms with Gasteiger partial charge in [0.05, 0.1) is 11.1 Å². The maximum absolute atomic E-state index is 13.6. The van der Waals surface area contributed by atoms with Crippen molar-refractivity contribution in [3.63, 3.8) is 0 Å². The first-order chi connectivity index (χ1) is 8.62. The second kappa shape index (κ2) is 5.56.